The monoisotopic (exact) mass is 244 g/mol. The summed E-state index contributed by atoms with van der Waals surface area (Å²) >= 11 is 0. The molecule has 17 heavy (non-hydrogen) atoms. The number of carboxylic acid groups (broad SMARTS) is 1. The highest BCUT2D eigenvalue weighted by Gasteiger charge is 2.34. The zero-order valence-electron chi connectivity index (χ0n) is 10.7. The van der Waals surface area contributed by atoms with Crippen LogP contribution in [0, 0.1) is 5.92 Å². The molecule has 0 radical (unpaired) electrons. The number of likely N-dealkylation sites (tertiary alicyclic amines) is 1. The van der Waals surface area contributed by atoms with E-state index in [9.17, 15) is 9.59 Å². The zero-order valence-corrected chi connectivity index (χ0v) is 10.7. The molecule has 1 aliphatic rings. The maximum absolute atomic E-state index is 11.5. The zero-order chi connectivity index (χ0) is 13.2. The molecule has 0 aliphatic carbocycles. The minimum atomic E-state index is -0.953. The molecule has 6 heteroatoms. The van der Waals surface area contributed by atoms with Gasteiger partial charge in [-0.2, -0.15) is 0 Å². The van der Waals surface area contributed by atoms with Crippen LogP contribution in [0.25, 0.3) is 0 Å². The van der Waals surface area contributed by atoms with Gasteiger partial charge in [0.2, 0.25) is 0 Å². The maximum Gasteiger partial charge on any atom is 0.407 e. The van der Waals surface area contributed by atoms with Gasteiger partial charge >= 0.3 is 12.2 Å². The van der Waals surface area contributed by atoms with Crippen LogP contribution in [0.3, 0.4) is 0 Å². The first-order valence-electron chi connectivity index (χ1n) is 5.66. The van der Waals surface area contributed by atoms with Crippen molar-refractivity contribution in [2.24, 2.45) is 5.92 Å². The van der Waals surface area contributed by atoms with Crippen molar-refractivity contribution in [1.29, 1.82) is 0 Å². The maximum atomic E-state index is 11.5. The third kappa shape index (κ3) is 4.13. The molecule has 2 N–H and O–H groups in total. The molecule has 0 bridgehead atoms. The van der Waals surface area contributed by atoms with E-state index in [1.54, 1.807) is 20.8 Å². The molecule has 6 nitrogen and oxygen atoms in total. The average Bonchev–Trinajstić information content (AvgIpc) is 2.44. The SMILES string of the molecule is CC1CN(C(=O)O)CC1NC(=O)OC(C)(C)C. The van der Waals surface area contributed by atoms with E-state index in [4.69, 9.17) is 9.84 Å². The van der Waals surface area contributed by atoms with E-state index in [0.717, 1.165) is 0 Å². The lowest BCUT2D eigenvalue weighted by atomic mass is 10.1. The van der Waals surface area contributed by atoms with Crippen molar-refractivity contribution in [2.75, 3.05) is 13.1 Å². The van der Waals surface area contributed by atoms with Gasteiger partial charge in [0.05, 0.1) is 6.04 Å². The van der Waals surface area contributed by atoms with Crippen molar-refractivity contribution < 1.29 is 19.4 Å². The molecule has 2 amide bonds. The Morgan fingerprint density at radius 3 is 2.35 bits per heavy atom. The van der Waals surface area contributed by atoms with Crippen LogP contribution < -0.4 is 5.32 Å². The molecule has 0 spiro atoms. The van der Waals surface area contributed by atoms with Gasteiger partial charge in [-0.1, -0.05) is 6.92 Å². The first kappa shape index (κ1) is 13.6. The van der Waals surface area contributed by atoms with Crippen molar-refractivity contribution >= 4 is 12.2 Å². The number of carbonyl (C=O) groups is 2. The van der Waals surface area contributed by atoms with Gasteiger partial charge in [0, 0.05) is 13.1 Å². The topological polar surface area (TPSA) is 78.9 Å². The van der Waals surface area contributed by atoms with E-state index in [1.165, 1.54) is 4.90 Å². The second-order valence-corrected chi connectivity index (χ2v) is 5.42. The van der Waals surface area contributed by atoms with Gasteiger partial charge in [-0.05, 0) is 26.7 Å². The highest BCUT2D eigenvalue weighted by Crippen LogP contribution is 2.17. The van der Waals surface area contributed by atoms with E-state index >= 15 is 0 Å². The van der Waals surface area contributed by atoms with Gasteiger partial charge in [0.25, 0.3) is 0 Å². The van der Waals surface area contributed by atoms with Crippen LogP contribution in [-0.2, 0) is 4.74 Å². The molecule has 2 atom stereocenters. The molecule has 0 aromatic heterocycles. The molecule has 0 aromatic carbocycles. The summed E-state index contributed by atoms with van der Waals surface area (Å²) in [5.41, 5.74) is -0.543. The van der Waals surface area contributed by atoms with E-state index < -0.39 is 17.8 Å². The van der Waals surface area contributed by atoms with Crippen LogP contribution in [0.1, 0.15) is 27.7 Å². The quantitative estimate of drug-likeness (QED) is 0.732. The highest BCUT2D eigenvalue weighted by atomic mass is 16.6. The Morgan fingerprint density at radius 1 is 1.35 bits per heavy atom. The van der Waals surface area contributed by atoms with Crippen LogP contribution in [0.4, 0.5) is 9.59 Å². The third-order valence-corrected chi connectivity index (χ3v) is 2.58. The first-order chi connectivity index (χ1) is 7.69. The fraction of sp³-hybridized carbons (Fsp3) is 0.818. The number of hydrogen-bond donors (Lipinski definition) is 2. The van der Waals surface area contributed by atoms with E-state index in [2.05, 4.69) is 5.32 Å². The molecule has 1 saturated heterocycles. The molecule has 0 aromatic rings. The molecule has 1 fully saturated rings. The van der Waals surface area contributed by atoms with Crippen LogP contribution in [-0.4, -0.2) is 46.9 Å². The minimum absolute atomic E-state index is 0.0959. The molecule has 1 aliphatic heterocycles. The number of nitrogens with zero attached hydrogens (tertiary/aromatic N) is 1. The second kappa shape index (κ2) is 4.81. The number of carbonyl (C=O) groups excluding carboxylic acids is 1. The number of rotatable bonds is 1. The van der Waals surface area contributed by atoms with Crippen LogP contribution in [0.5, 0.6) is 0 Å². The second-order valence-electron chi connectivity index (χ2n) is 5.42. The van der Waals surface area contributed by atoms with Gasteiger partial charge in [-0.15, -0.1) is 0 Å². The molecule has 2 unspecified atom stereocenters. The summed E-state index contributed by atoms with van der Waals surface area (Å²) in [4.78, 5) is 23.6. The Hall–Kier alpha value is -1.46. The summed E-state index contributed by atoms with van der Waals surface area (Å²) in [6.45, 7) is 8.02. The van der Waals surface area contributed by atoms with E-state index in [1.807, 2.05) is 6.92 Å². The fourth-order valence-corrected chi connectivity index (χ4v) is 1.77. The largest absolute Gasteiger partial charge is 0.465 e. The van der Waals surface area contributed by atoms with Crippen LogP contribution in [0.15, 0.2) is 0 Å². The summed E-state index contributed by atoms with van der Waals surface area (Å²) in [7, 11) is 0. The fourth-order valence-electron chi connectivity index (χ4n) is 1.77. The average molecular weight is 244 g/mol. The Morgan fingerprint density at radius 2 is 1.94 bits per heavy atom. The van der Waals surface area contributed by atoms with Gasteiger partial charge in [0.1, 0.15) is 5.60 Å². The summed E-state index contributed by atoms with van der Waals surface area (Å²) in [6, 6.07) is -0.180. The van der Waals surface area contributed by atoms with Gasteiger partial charge in [-0.3, -0.25) is 0 Å². The lowest BCUT2D eigenvalue weighted by molar-refractivity contribution is 0.0496. The Balaban J connectivity index is 2.47. The normalized spacial score (nSPS) is 24.6. The van der Waals surface area contributed by atoms with E-state index in [0.29, 0.717) is 13.1 Å². The molecule has 0 saturated carbocycles. The third-order valence-electron chi connectivity index (χ3n) is 2.58. The Bertz CT molecular complexity index is 311. The minimum Gasteiger partial charge on any atom is -0.465 e. The molecule has 98 valence electrons. The Kier molecular flexibility index (Phi) is 3.85. The Labute approximate surface area is 101 Å². The van der Waals surface area contributed by atoms with Gasteiger partial charge < -0.3 is 20.1 Å². The van der Waals surface area contributed by atoms with Crippen LogP contribution >= 0.6 is 0 Å². The standard InChI is InChI=1S/C11H20N2O4/c1-7-5-13(10(15)16)6-8(7)12-9(14)17-11(2,3)4/h7-8H,5-6H2,1-4H3,(H,12,14)(H,15,16). The van der Waals surface area contributed by atoms with Crippen molar-refractivity contribution in [3.05, 3.63) is 0 Å². The summed E-state index contributed by atoms with van der Waals surface area (Å²) in [5.74, 6) is 0.0959. The summed E-state index contributed by atoms with van der Waals surface area (Å²) in [5, 5.41) is 11.6. The van der Waals surface area contributed by atoms with Gasteiger partial charge in [0.15, 0.2) is 0 Å². The molecular formula is C11H20N2O4. The number of alkyl carbamates (subject to hydrolysis) is 1. The predicted molar refractivity (Wildman–Crippen MR) is 61.9 cm³/mol. The predicted octanol–water partition coefficient (Wildman–Crippen LogP) is 1.51. The number of hydrogen-bond acceptors (Lipinski definition) is 3. The summed E-state index contributed by atoms with van der Waals surface area (Å²) < 4.78 is 5.13. The van der Waals surface area contributed by atoms with Crippen molar-refractivity contribution in [3.63, 3.8) is 0 Å². The van der Waals surface area contributed by atoms with Crippen molar-refractivity contribution in [1.82, 2.24) is 10.2 Å². The van der Waals surface area contributed by atoms with Crippen molar-refractivity contribution in [2.45, 2.75) is 39.3 Å². The molecule has 1 rings (SSSR count). The summed E-state index contributed by atoms with van der Waals surface area (Å²) in [6.07, 6.45) is -1.45. The highest BCUT2D eigenvalue weighted by molar-refractivity contribution is 5.69. The lowest BCUT2D eigenvalue weighted by Gasteiger charge is -2.22. The van der Waals surface area contributed by atoms with Crippen LogP contribution in [0.2, 0.25) is 0 Å². The smallest absolute Gasteiger partial charge is 0.407 e. The van der Waals surface area contributed by atoms with Crippen molar-refractivity contribution in [3.8, 4) is 0 Å². The number of amides is 2. The van der Waals surface area contributed by atoms with E-state index in [-0.39, 0.29) is 12.0 Å². The molecular weight excluding hydrogens is 224 g/mol. The number of nitrogens with one attached hydrogen (secondary N) is 1. The lowest BCUT2D eigenvalue weighted by Crippen LogP contribution is -2.43. The number of ether oxygens (including phenoxy) is 1. The first-order valence-corrected chi connectivity index (χ1v) is 5.66. The molecule has 1 heterocycles. The van der Waals surface area contributed by atoms with Gasteiger partial charge in [-0.25, -0.2) is 9.59 Å².